The quantitative estimate of drug-likeness (QED) is 0.876. The Balaban J connectivity index is 1.99. The van der Waals surface area contributed by atoms with E-state index in [1.54, 1.807) is 11.9 Å². The van der Waals surface area contributed by atoms with E-state index in [0.717, 1.165) is 5.56 Å². The van der Waals surface area contributed by atoms with Crippen LogP contribution in [0.5, 0.6) is 6.01 Å². The highest BCUT2D eigenvalue weighted by Crippen LogP contribution is 2.12. The largest absolute Gasteiger partial charge is 0.459 e. The molecule has 110 valence electrons. The molecule has 0 spiro atoms. The molecule has 0 aliphatic rings. The van der Waals surface area contributed by atoms with Crippen LogP contribution in [0.25, 0.3) is 6.08 Å². The lowest BCUT2D eigenvalue weighted by Crippen LogP contribution is -2.15. The SMILES string of the molecule is CNc1nc(OC/C=C/c2ccccc2)nc(N(C)C)n1. The third-order valence-electron chi connectivity index (χ3n) is 2.65. The number of ether oxygens (including phenoxy) is 1. The molecule has 1 N–H and O–H groups in total. The second-order valence-electron chi connectivity index (χ2n) is 4.51. The molecular weight excluding hydrogens is 266 g/mol. The molecule has 1 aromatic carbocycles. The smallest absolute Gasteiger partial charge is 0.323 e. The zero-order valence-electron chi connectivity index (χ0n) is 12.4. The Kier molecular flexibility index (Phi) is 5.09. The zero-order valence-corrected chi connectivity index (χ0v) is 12.4. The highest BCUT2D eigenvalue weighted by Gasteiger charge is 2.07. The van der Waals surface area contributed by atoms with Crippen LogP contribution >= 0.6 is 0 Å². The fourth-order valence-electron chi connectivity index (χ4n) is 1.59. The molecule has 1 aromatic heterocycles. The molecule has 0 amide bonds. The van der Waals surface area contributed by atoms with E-state index in [4.69, 9.17) is 4.74 Å². The van der Waals surface area contributed by atoms with Crippen molar-refractivity contribution in [3.63, 3.8) is 0 Å². The number of hydrogen-bond donors (Lipinski definition) is 1. The van der Waals surface area contributed by atoms with Gasteiger partial charge in [0.15, 0.2) is 0 Å². The molecule has 0 saturated heterocycles. The van der Waals surface area contributed by atoms with Crippen molar-refractivity contribution in [2.75, 3.05) is 38.0 Å². The monoisotopic (exact) mass is 285 g/mol. The summed E-state index contributed by atoms with van der Waals surface area (Å²) in [6.07, 6.45) is 3.92. The highest BCUT2D eigenvalue weighted by molar-refractivity contribution is 5.48. The maximum atomic E-state index is 5.55. The number of rotatable bonds is 6. The molecule has 6 nitrogen and oxygen atoms in total. The highest BCUT2D eigenvalue weighted by atomic mass is 16.5. The van der Waals surface area contributed by atoms with Gasteiger partial charge >= 0.3 is 6.01 Å². The molecule has 0 bridgehead atoms. The van der Waals surface area contributed by atoms with Gasteiger partial charge in [-0.1, -0.05) is 36.4 Å². The van der Waals surface area contributed by atoms with E-state index in [2.05, 4.69) is 20.3 Å². The molecule has 0 atom stereocenters. The fourth-order valence-corrected chi connectivity index (χ4v) is 1.59. The van der Waals surface area contributed by atoms with Gasteiger partial charge in [-0.15, -0.1) is 0 Å². The van der Waals surface area contributed by atoms with E-state index in [9.17, 15) is 0 Å². The van der Waals surface area contributed by atoms with E-state index in [1.807, 2.05) is 56.6 Å². The normalized spacial score (nSPS) is 10.6. The minimum Gasteiger partial charge on any atom is -0.459 e. The van der Waals surface area contributed by atoms with Crippen molar-refractivity contribution in [1.29, 1.82) is 0 Å². The maximum absolute atomic E-state index is 5.55. The first-order chi connectivity index (χ1) is 10.2. The van der Waals surface area contributed by atoms with Gasteiger partial charge in [0.05, 0.1) is 0 Å². The molecule has 2 aromatic rings. The van der Waals surface area contributed by atoms with Gasteiger partial charge < -0.3 is 15.0 Å². The Morgan fingerprint density at radius 3 is 2.57 bits per heavy atom. The second-order valence-corrected chi connectivity index (χ2v) is 4.51. The second kappa shape index (κ2) is 7.23. The lowest BCUT2D eigenvalue weighted by atomic mass is 10.2. The van der Waals surface area contributed by atoms with Crippen molar-refractivity contribution in [2.45, 2.75) is 0 Å². The molecule has 0 aliphatic heterocycles. The Morgan fingerprint density at radius 1 is 1.14 bits per heavy atom. The number of anilines is 2. The third kappa shape index (κ3) is 4.45. The average Bonchev–Trinajstić information content (AvgIpc) is 2.52. The van der Waals surface area contributed by atoms with Gasteiger partial charge in [0.1, 0.15) is 6.61 Å². The van der Waals surface area contributed by atoms with Crippen LogP contribution in [0.1, 0.15) is 5.56 Å². The Morgan fingerprint density at radius 2 is 1.90 bits per heavy atom. The van der Waals surface area contributed by atoms with Crippen molar-refractivity contribution < 1.29 is 4.74 Å². The lowest BCUT2D eigenvalue weighted by molar-refractivity contribution is 0.333. The van der Waals surface area contributed by atoms with Crippen molar-refractivity contribution in [3.05, 3.63) is 42.0 Å². The molecule has 0 aliphatic carbocycles. The first-order valence-electron chi connectivity index (χ1n) is 6.64. The number of benzene rings is 1. The summed E-state index contributed by atoms with van der Waals surface area (Å²) in [6, 6.07) is 10.3. The molecule has 1 heterocycles. The van der Waals surface area contributed by atoms with Crippen molar-refractivity contribution in [1.82, 2.24) is 15.0 Å². The van der Waals surface area contributed by atoms with Crippen LogP contribution in [0, 0.1) is 0 Å². The van der Waals surface area contributed by atoms with E-state index in [1.165, 1.54) is 0 Å². The van der Waals surface area contributed by atoms with Crippen LogP contribution in [0.4, 0.5) is 11.9 Å². The van der Waals surface area contributed by atoms with Crippen LogP contribution in [0.15, 0.2) is 36.4 Å². The molecule has 0 fully saturated rings. The minimum atomic E-state index is 0.302. The first-order valence-corrected chi connectivity index (χ1v) is 6.64. The maximum Gasteiger partial charge on any atom is 0.323 e. The number of aromatic nitrogens is 3. The van der Waals surface area contributed by atoms with E-state index >= 15 is 0 Å². The lowest BCUT2D eigenvalue weighted by Gasteiger charge is -2.12. The van der Waals surface area contributed by atoms with Crippen LogP contribution in [0.3, 0.4) is 0 Å². The zero-order chi connectivity index (χ0) is 15.1. The van der Waals surface area contributed by atoms with Gasteiger partial charge in [0.2, 0.25) is 11.9 Å². The Hall–Kier alpha value is -2.63. The topological polar surface area (TPSA) is 63.2 Å². The summed E-state index contributed by atoms with van der Waals surface area (Å²) < 4.78 is 5.55. The summed E-state index contributed by atoms with van der Waals surface area (Å²) in [5.74, 6) is 1.03. The summed E-state index contributed by atoms with van der Waals surface area (Å²) in [4.78, 5) is 14.4. The average molecular weight is 285 g/mol. The predicted molar refractivity (Wildman–Crippen MR) is 84.7 cm³/mol. The summed E-state index contributed by atoms with van der Waals surface area (Å²) in [7, 11) is 5.50. The molecule has 2 rings (SSSR count). The van der Waals surface area contributed by atoms with E-state index < -0.39 is 0 Å². The first kappa shape index (κ1) is 14.8. The number of nitrogens with one attached hydrogen (secondary N) is 1. The van der Waals surface area contributed by atoms with Gasteiger partial charge in [0.25, 0.3) is 0 Å². The third-order valence-corrected chi connectivity index (χ3v) is 2.65. The fraction of sp³-hybridized carbons (Fsp3) is 0.267. The predicted octanol–water partition coefficient (Wildman–Crippen LogP) is 2.07. The molecule has 0 unspecified atom stereocenters. The number of nitrogens with zero attached hydrogens (tertiary/aromatic N) is 4. The van der Waals surface area contributed by atoms with Gasteiger partial charge in [-0.25, -0.2) is 0 Å². The van der Waals surface area contributed by atoms with E-state index in [0.29, 0.717) is 24.5 Å². The molecule has 6 heteroatoms. The molecular formula is C15H19N5O. The minimum absolute atomic E-state index is 0.302. The van der Waals surface area contributed by atoms with Gasteiger partial charge in [-0.05, 0) is 11.6 Å². The van der Waals surface area contributed by atoms with Crippen molar-refractivity contribution in [3.8, 4) is 6.01 Å². The summed E-state index contributed by atoms with van der Waals surface area (Å²) in [5, 5.41) is 2.89. The summed E-state index contributed by atoms with van der Waals surface area (Å²) in [6.45, 7) is 0.398. The number of hydrogen-bond acceptors (Lipinski definition) is 6. The van der Waals surface area contributed by atoms with Gasteiger partial charge in [0, 0.05) is 21.1 Å². The van der Waals surface area contributed by atoms with Gasteiger partial charge in [-0.2, -0.15) is 15.0 Å². The molecule has 0 radical (unpaired) electrons. The standard InChI is InChI=1S/C15H19N5O/c1-16-13-17-14(20(2)3)19-15(18-13)21-11-7-10-12-8-5-4-6-9-12/h4-10H,11H2,1-3H3,(H,16,17,18,19)/b10-7+. The Labute approximate surface area is 124 Å². The van der Waals surface area contributed by atoms with Crippen molar-refractivity contribution in [2.24, 2.45) is 0 Å². The van der Waals surface area contributed by atoms with E-state index in [-0.39, 0.29) is 0 Å². The summed E-state index contributed by atoms with van der Waals surface area (Å²) >= 11 is 0. The van der Waals surface area contributed by atoms with Gasteiger partial charge in [-0.3, -0.25) is 0 Å². The van der Waals surface area contributed by atoms with Crippen LogP contribution in [-0.2, 0) is 0 Å². The van der Waals surface area contributed by atoms with Crippen molar-refractivity contribution >= 4 is 18.0 Å². The van der Waals surface area contributed by atoms with Crippen LogP contribution in [0.2, 0.25) is 0 Å². The summed E-state index contributed by atoms with van der Waals surface area (Å²) in [5.41, 5.74) is 1.13. The molecule has 0 saturated carbocycles. The van der Waals surface area contributed by atoms with Crippen LogP contribution < -0.4 is 15.0 Å². The van der Waals surface area contributed by atoms with Crippen LogP contribution in [-0.4, -0.2) is 42.7 Å². The molecule has 21 heavy (non-hydrogen) atoms. The Bertz CT molecular complexity index is 598.